The Morgan fingerprint density at radius 1 is 1.27 bits per heavy atom. The van der Waals surface area contributed by atoms with E-state index >= 15 is 0 Å². The Labute approximate surface area is 156 Å². The normalized spacial score (nSPS) is 13.2. The molecule has 0 unspecified atom stereocenters. The molecule has 7 heteroatoms. The maximum absolute atomic E-state index is 12.1. The van der Waals surface area contributed by atoms with Crippen LogP contribution in [0.5, 0.6) is 11.5 Å². The zero-order valence-electron chi connectivity index (χ0n) is 14.5. The Balaban J connectivity index is 1.67. The monoisotopic (exact) mass is 374 g/mol. The van der Waals surface area contributed by atoms with Gasteiger partial charge in [0.05, 0.1) is 5.69 Å². The minimum Gasteiger partial charge on any atom is -0.484 e. The Morgan fingerprint density at radius 3 is 2.69 bits per heavy atom. The molecule has 2 aromatic carbocycles. The zero-order valence-corrected chi connectivity index (χ0v) is 15.2. The Morgan fingerprint density at radius 2 is 2.00 bits per heavy atom. The fourth-order valence-corrected chi connectivity index (χ4v) is 2.82. The van der Waals surface area contributed by atoms with Gasteiger partial charge in [0.15, 0.2) is 13.2 Å². The van der Waals surface area contributed by atoms with Crippen LogP contribution in [0.1, 0.15) is 13.8 Å². The van der Waals surface area contributed by atoms with E-state index in [0.29, 0.717) is 27.9 Å². The number of rotatable bonds is 5. The number of ether oxygens (including phenoxy) is 2. The standard InChI is InChI=1S/C19H19ClN2O4/c1-12(2)22-16-9-14(5-8-17(16)26-11-19(22)24)21-18(23)10-25-15-6-3-13(20)4-7-15/h3-9,12H,10-11H2,1-2H3,(H,21,23). The first kappa shape index (κ1) is 18.1. The van der Waals surface area contributed by atoms with Crippen LogP contribution in [-0.2, 0) is 9.59 Å². The zero-order chi connectivity index (χ0) is 18.7. The number of carbonyl (C=O) groups excluding carboxylic acids is 2. The van der Waals surface area contributed by atoms with E-state index in [9.17, 15) is 9.59 Å². The van der Waals surface area contributed by atoms with E-state index in [1.165, 1.54) is 0 Å². The minimum atomic E-state index is -0.306. The highest BCUT2D eigenvalue weighted by molar-refractivity contribution is 6.30. The van der Waals surface area contributed by atoms with Crippen LogP contribution in [0.15, 0.2) is 42.5 Å². The molecule has 0 aromatic heterocycles. The van der Waals surface area contributed by atoms with Gasteiger partial charge in [-0.25, -0.2) is 0 Å². The minimum absolute atomic E-state index is 0.00987. The number of fused-ring (bicyclic) bond motifs is 1. The molecule has 0 atom stereocenters. The number of carbonyl (C=O) groups is 2. The predicted octanol–water partition coefficient (Wildman–Crippen LogP) is 3.49. The van der Waals surface area contributed by atoms with Crippen molar-refractivity contribution in [2.45, 2.75) is 19.9 Å². The van der Waals surface area contributed by atoms with Crippen molar-refractivity contribution in [1.82, 2.24) is 0 Å². The highest BCUT2D eigenvalue weighted by atomic mass is 35.5. The quantitative estimate of drug-likeness (QED) is 0.869. The molecule has 26 heavy (non-hydrogen) atoms. The van der Waals surface area contributed by atoms with Crippen LogP contribution in [0.2, 0.25) is 5.02 Å². The summed E-state index contributed by atoms with van der Waals surface area (Å²) in [6, 6.07) is 12.0. The van der Waals surface area contributed by atoms with Gasteiger partial charge in [0.1, 0.15) is 11.5 Å². The highest BCUT2D eigenvalue weighted by Crippen LogP contribution is 2.35. The van der Waals surface area contributed by atoms with E-state index in [-0.39, 0.29) is 31.1 Å². The number of nitrogens with zero attached hydrogens (tertiary/aromatic N) is 1. The number of benzene rings is 2. The fraction of sp³-hybridized carbons (Fsp3) is 0.263. The van der Waals surface area contributed by atoms with Crippen LogP contribution >= 0.6 is 11.6 Å². The Hall–Kier alpha value is -2.73. The average molecular weight is 375 g/mol. The molecule has 0 saturated heterocycles. The van der Waals surface area contributed by atoms with Crippen molar-refractivity contribution in [2.24, 2.45) is 0 Å². The second-order valence-corrected chi connectivity index (χ2v) is 6.56. The maximum atomic E-state index is 12.1. The lowest BCUT2D eigenvalue weighted by Gasteiger charge is -2.32. The van der Waals surface area contributed by atoms with E-state index < -0.39 is 0 Å². The molecule has 1 heterocycles. The first-order valence-corrected chi connectivity index (χ1v) is 8.59. The Kier molecular flexibility index (Phi) is 5.32. The molecule has 0 bridgehead atoms. The van der Waals surface area contributed by atoms with Gasteiger partial charge in [0.2, 0.25) is 0 Å². The molecular weight excluding hydrogens is 356 g/mol. The molecule has 2 amide bonds. The van der Waals surface area contributed by atoms with Crippen molar-refractivity contribution in [3.63, 3.8) is 0 Å². The SMILES string of the molecule is CC(C)N1C(=O)COc2ccc(NC(=O)COc3ccc(Cl)cc3)cc21. The van der Waals surface area contributed by atoms with Crippen LogP contribution in [0.4, 0.5) is 11.4 Å². The predicted molar refractivity (Wildman–Crippen MR) is 100 cm³/mol. The number of hydrogen-bond acceptors (Lipinski definition) is 4. The molecule has 0 aliphatic carbocycles. The van der Waals surface area contributed by atoms with E-state index in [4.69, 9.17) is 21.1 Å². The molecule has 6 nitrogen and oxygen atoms in total. The van der Waals surface area contributed by atoms with Crippen LogP contribution in [0, 0.1) is 0 Å². The third kappa shape index (κ3) is 4.08. The second kappa shape index (κ2) is 7.66. The molecule has 1 N–H and O–H groups in total. The molecule has 0 radical (unpaired) electrons. The van der Waals surface area contributed by atoms with Crippen LogP contribution < -0.4 is 19.7 Å². The van der Waals surface area contributed by atoms with Gasteiger partial charge in [-0.05, 0) is 56.3 Å². The smallest absolute Gasteiger partial charge is 0.265 e. The van der Waals surface area contributed by atoms with E-state index in [0.717, 1.165) is 0 Å². The molecular formula is C19H19ClN2O4. The van der Waals surface area contributed by atoms with Crippen molar-refractivity contribution in [3.05, 3.63) is 47.5 Å². The molecule has 3 rings (SSSR count). The van der Waals surface area contributed by atoms with Crippen molar-refractivity contribution in [3.8, 4) is 11.5 Å². The summed E-state index contributed by atoms with van der Waals surface area (Å²) in [7, 11) is 0. The van der Waals surface area contributed by atoms with E-state index in [2.05, 4.69) is 5.32 Å². The van der Waals surface area contributed by atoms with Crippen LogP contribution in [0.3, 0.4) is 0 Å². The molecule has 2 aromatic rings. The van der Waals surface area contributed by atoms with Gasteiger partial charge in [-0.2, -0.15) is 0 Å². The summed E-state index contributed by atoms with van der Waals surface area (Å²) in [6.07, 6.45) is 0. The maximum Gasteiger partial charge on any atom is 0.265 e. The fourth-order valence-electron chi connectivity index (χ4n) is 2.69. The number of amides is 2. The number of hydrogen-bond donors (Lipinski definition) is 1. The summed E-state index contributed by atoms with van der Waals surface area (Å²) in [5.74, 6) is 0.759. The molecule has 0 spiro atoms. The summed E-state index contributed by atoms with van der Waals surface area (Å²) in [4.78, 5) is 25.9. The van der Waals surface area contributed by atoms with Gasteiger partial charge in [-0.1, -0.05) is 11.6 Å². The summed E-state index contributed by atoms with van der Waals surface area (Å²) in [5, 5.41) is 3.36. The van der Waals surface area contributed by atoms with Crippen LogP contribution in [0.25, 0.3) is 0 Å². The lowest BCUT2D eigenvalue weighted by Crippen LogP contribution is -2.43. The van der Waals surface area contributed by atoms with E-state index in [1.807, 2.05) is 13.8 Å². The first-order valence-electron chi connectivity index (χ1n) is 8.21. The first-order chi connectivity index (χ1) is 12.4. The van der Waals surface area contributed by atoms with Gasteiger partial charge < -0.3 is 19.7 Å². The lowest BCUT2D eigenvalue weighted by atomic mass is 10.1. The Bertz CT molecular complexity index is 821. The molecule has 1 aliphatic rings. The van der Waals surface area contributed by atoms with Crippen LogP contribution in [-0.4, -0.2) is 31.1 Å². The third-order valence-corrected chi connectivity index (χ3v) is 4.07. The number of nitrogens with one attached hydrogen (secondary N) is 1. The van der Waals surface area contributed by atoms with Gasteiger partial charge in [-0.15, -0.1) is 0 Å². The van der Waals surface area contributed by atoms with Gasteiger partial charge in [-0.3, -0.25) is 9.59 Å². The number of anilines is 2. The summed E-state index contributed by atoms with van der Waals surface area (Å²) >= 11 is 5.81. The van der Waals surface area contributed by atoms with Gasteiger partial charge in [0, 0.05) is 16.8 Å². The average Bonchev–Trinajstić information content (AvgIpc) is 2.60. The van der Waals surface area contributed by atoms with Gasteiger partial charge in [0.25, 0.3) is 11.8 Å². The highest BCUT2D eigenvalue weighted by Gasteiger charge is 2.27. The largest absolute Gasteiger partial charge is 0.484 e. The molecule has 136 valence electrons. The van der Waals surface area contributed by atoms with Crippen molar-refractivity contribution < 1.29 is 19.1 Å². The lowest BCUT2D eigenvalue weighted by molar-refractivity contribution is -0.121. The molecule has 1 aliphatic heterocycles. The number of halogens is 1. The summed E-state index contributed by atoms with van der Waals surface area (Å²) < 4.78 is 10.9. The van der Waals surface area contributed by atoms with E-state index in [1.54, 1.807) is 47.4 Å². The molecule has 0 saturated carbocycles. The topological polar surface area (TPSA) is 67.9 Å². The third-order valence-electron chi connectivity index (χ3n) is 3.82. The van der Waals surface area contributed by atoms with Crippen molar-refractivity contribution in [1.29, 1.82) is 0 Å². The van der Waals surface area contributed by atoms with Gasteiger partial charge >= 0.3 is 0 Å². The molecule has 0 fully saturated rings. The summed E-state index contributed by atoms with van der Waals surface area (Å²) in [6.45, 7) is 3.74. The second-order valence-electron chi connectivity index (χ2n) is 6.12. The van der Waals surface area contributed by atoms with Crippen molar-refractivity contribution in [2.75, 3.05) is 23.4 Å². The van der Waals surface area contributed by atoms with Crippen molar-refractivity contribution >= 4 is 34.8 Å². The summed E-state index contributed by atoms with van der Waals surface area (Å²) in [5.41, 5.74) is 1.21.